The maximum atomic E-state index is 13.7. The largest absolute Gasteiger partial charge is 0.464 e. The fourth-order valence-electron chi connectivity index (χ4n) is 2.06. The van der Waals surface area contributed by atoms with Gasteiger partial charge < -0.3 is 10.1 Å². The average molecular weight is 367 g/mol. The van der Waals surface area contributed by atoms with Crippen LogP contribution >= 0.6 is 0 Å². The van der Waals surface area contributed by atoms with Gasteiger partial charge in [0, 0.05) is 16.8 Å². The van der Waals surface area contributed by atoms with E-state index in [1.165, 1.54) is 30.3 Å². The van der Waals surface area contributed by atoms with Gasteiger partial charge in [0.05, 0.1) is 12.7 Å². The van der Waals surface area contributed by atoms with Crippen molar-refractivity contribution in [2.45, 2.75) is 6.18 Å². The molecule has 0 aliphatic rings. The highest BCUT2D eigenvalue weighted by atomic mass is 19.4. The number of amides is 1. The molecule has 1 N–H and O–H groups in total. The van der Waals surface area contributed by atoms with Crippen molar-refractivity contribution < 1.29 is 31.9 Å². The number of ether oxygens (including phenoxy) is 1. The number of esters is 1. The van der Waals surface area contributed by atoms with Crippen LogP contribution in [-0.4, -0.2) is 19.0 Å². The molecule has 26 heavy (non-hydrogen) atoms. The molecule has 0 fully saturated rings. The summed E-state index contributed by atoms with van der Waals surface area (Å²) in [4.78, 5) is 23.4. The number of rotatable bonds is 4. The first kappa shape index (κ1) is 19.2. The normalized spacial score (nSPS) is 11.8. The monoisotopic (exact) mass is 367 g/mol. The second kappa shape index (κ2) is 7.81. The van der Waals surface area contributed by atoms with Crippen molar-refractivity contribution in [2.75, 3.05) is 12.4 Å². The lowest BCUT2D eigenvalue weighted by molar-refractivity contribution is -0.138. The maximum absolute atomic E-state index is 13.7. The van der Waals surface area contributed by atoms with E-state index < -0.39 is 29.4 Å². The molecule has 2 aromatic carbocycles. The SMILES string of the molecule is COC(=O)/C(F)=C/c1ccccc1NC(=O)c1cccc(C(F)(F)F)c1. The molecular weight excluding hydrogens is 354 g/mol. The second-order valence-electron chi connectivity index (χ2n) is 5.10. The zero-order valence-electron chi connectivity index (χ0n) is 13.4. The summed E-state index contributed by atoms with van der Waals surface area (Å²) in [6.45, 7) is 0. The molecule has 0 atom stereocenters. The number of hydrogen-bond acceptors (Lipinski definition) is 3. The molecule has 0 bridgehead atoms. The van der Waals surface area contributed by atoms with Gasteiger partial charge in [-0.15, -0.1) is 0 Å². The first-order valence-corrected chi connectivity index (χ1v) is 7.25. The number of hydrogen-bond donors (Lipinski definition) is 1. The van der Waals surface area contributed by atoms with Crippen LogP contribution in [0.1, 0.15) is 21.5 Å². The third-order valence-corrected chi connectivity index (χ3v) is 3.32. The Bertz CT molecular complexity index is 860. The Balaban J connectivity index is 2.30. The standard InChI is InChI=1S/C18H13F4NO3/c1-26-17(25)14(19)10-11-5-2-3-8-15(11)23-16(24)12-6-4-7-13(9-12)18(20,21)22/h2-10H,1H3,(H,23,24)/b14-10-. The number of carbonyl (C=O) groups is 2. The Labute approximate surface area is 146 Å². The lowest BCUT2D eigenvalue weighted by Crippen LogP contribution is -2.14. The summed E-state index contributed by atoms with van der Waals surface area (Å²) in [5.74, 6) is -3.19. The van der Waals surface area contributed by atoms with Gasteiger partial charge in [0.15, 0.2) is 0 Å². The second-order valence-corrected chi connectivity index (χ2v) is 5.10. The van der Waals surface area contributed by atoms with Gasteiger partial charge in [-0.1, -0.05) is 24.3 Å². The zero-order valence-corrected chi connectivity index (χ0v) is 13.4. The minimum atomic E-state index is -4.58. The van der Waals surface area contributed by atoms with E-state index in [4.69, 9.17) is 0 Å². The molecule has 8 heteroatoms. The molecule has 136 valence electrons. The fourth-order valence-corrected chi connectivity index (χ4v) is 2.06. The highest BCUT2D eigenvalue weighted by Gasteiger charge is 2.30. The number of methoxy groups -OCH3 is 1. The molecule has 4 nitrogen and oxygen atoms in total. The zero-order chi connectivity index (χ0) is 19.3. The summed E-state index contributed by atoms with van der Waals surface area (Å²) < 4.78 is 56.1. The Kier molecular flexibility index (Phi) is 5.76. The fraction of sp³-hybridized carbons (Fsp3) is 0.111. The van der Waals surface area contributed by atoms with E-state index in [0.717, 1.165) is 25.3 Å². The van der Waals surface area contributed by atoms with E-state index in [1.807, 2.05) is 0 Å². The number of halogens is 4. The smallest absolute Gasteiger partial charge is 0.416 e. The third-order valence-electron chi connectivity index (χ3n) is 3.32. The third kappa shape index (κ3) is 4.69. The molecule has 0 heterocycles. The van der Waals surface area contributed by atoms with Crippen LogP contribution in [0.3, 0.4) is 0 Å². The van der Waals surface area contributed by atoms with Crippen LogP contribution in [0.4, 0.5) is 23.2 Å². The summed E-state index contributed by atoms with van der Waals surface area (Å²) in [5, 5.41) is 2.40. The van der Waals surface area contributed by atoms with Crippen LogP contribution in [0.25, 0.3) is 6.08 Å². The Hall–Kier alpha value is -3.16. The highest BCUT2D eigenvalue weighted by Crippen LogP contribution is 2.30. The lowest BCUT2D eigenvalue weighted by atomic mass is 10.1. The van der Waals surface area contributed by atoms with Crippen LogP contribution in [0.2, 0.25) is 0 Å². The van der Waals surface area contributed by atoms with Gasteiger partial charge in [-0.2, -0.15) is 17.6 Å². The van der Waals surface area contributed by atoms with E-state index >= 15 is 0 Å². The van der Waals surface area contributed by atoms with Crippen LogP contribution < -0.4 is 5.32 Å². The molecule has 0 saturated carbocycles. The van der Waals surface area contributed by atoms with Crippen LogP contribution in [0.15, 0.2) is 54.4 Å². The van der Waals surface area contributed by atoms with Crippen LogP contribution in [0.5, 0.6) is 0 Å². The first-order chi connectivity index (χ1) is 12.2. The van der Waals surface area contributed by atoms with Crippen molar-refractivity contribution in [3.05, 3.63) is 71.0 Å². The highest BCUT2D eigenvalue weighted by molar-refractivity contribution is 6.05. The number of alkyl halides is 3. The quantitative estimate of drug-likeness (QED) is 0.494. The van der Waals surface area contributed by atoms with Gasteiger partial charge in [-0.05, 0) is 30.3 Å². The Morgan fingerprint density at radius 2 is 1.77 bits per heavy atom. The predicted octanol–water partition coefficient (Wildman–Crippen LogP) is 4.44. The molecular formula is C18H13F4NO3. The molecule has 2 rings (SSSR count). The van der Waals surface area contributed by atoms with Gasteiger partial charge in [0.2, 0.25) is 5.83 Å². The van der Waals surface area contributed by atoms with Gasteiger partial charge in [-0.25, -0.2) is 4.79 Å². The van der Waals surface area contributed by atoms with Gasteiger partial charge in [0.25, 0.3) is 5.91 Å². The summed E-state index contributed by atoms with van der Waals surface area (Å²) in [7, 11) is 1.01. The van der Waals surface area contributed by atoms with Crippen molar-refractivity contribution in [3.63, 3.8) is 0 Å². The topological polar surface area (TPSA) is 55.4 Å². The minimum Gasteiger partial charge on any atom is -0.464 e. The number of nitrogens with one attached hydrogen (secondary N) is 1. The van der Waals surface area contributed by atoms with E-state index in [-0.39, 0.29) is 16.8 Å². The molecule has 1 amide bonds. The molecule has 0 radical (unpaired) electrons. The van der Waals surface area contributed by atoms with Crippen molar-refractivity contribution in [3.8, 4) is 0 Å². The van der Waals surface area contributed by atoms with E-state index in [1.54, 1.807) is 0 Å². The van der Waals surface area contributed by atoms with Crippen molar-refractivity contribution in [2.24, 2.45) is 0 Å². The van der Waals surface area contributed by atoms with Gasteiger partial charge in [0.1, 0.15) is 0 Å². The molecule has 0 spiro atoms. The van der Waals surface area contributed by atoms with E-state index in [2.05, 4.69) is 10.1 Å². The van der Waals surface area contributed by atoms with Crippen molar-refractivity contribution in [1.82, 2.24) is 0 Å². The number of benzene rings is 2. The molecule has 0 aliphatic heterocycles. The summed E-state index contributed by atoms with van der Waals surface area (Å²) in [6.07, 6.45) is -3.73. The number of carbonyl (C=O) groups excluding carboxylic acids is 2. The number of anilines is 1. The van der Waals surface area contributed by atoms with E-state index in [9.17, 15) is 27.2 Å². The average Bonchev–Trinajstić information content (AvgIpc) is 2.61. The summed E-state index contributed by atoms with van der Waals surface area (Å²) in [5.41, 5.74) is -0.910. The Morgan fingerprint density at radius 1 is 1.08 bits per heavy atom. The van der Waals surface area contributed by atoms with Crippen molar-refractivity contribution in [1.29, 1.82) is 0 Å². The summed E-state index contributed by atoms with van der Waals surface area (Å²) in [6, 6.07) is 9.80. The summed E-state index contributed by atoms with van der Waals surface area (Å²) >= 11 is 0. The van der Waals surface area contributed by atoms with Gasteiger partial charge >= 0.3 is 12.1 Å². The molecule has 0 unspecified atom stereocenters. The van der Waals surface area contributed by atoms with Crippen LogP contribution in [-0.2, 0) is 15.7 Å². The molecule has 0 aromatic heterocycles. The molecule has 0 saturated heterocycles. The number of para-hydroxylation sites is 1. The Morgan fingerprint density at radius 3 is 2.42 bits per heavy atom. The van der Waals surface area contributed by atoms with Crippen LogP contribution in [0, 0.1) is 0 Å². The lowest BCUT2D eigenvalue weighted by Gasteiger charge is -2.11. The molecule has 2 aromatic rings. The predicted molar refractivity (Wildman–Crippen MR) is 86.9 cm³/mol. The first-order valence-electron chi connectivity index (χ1n) is 7.25. The van der Waals surface area contributed by atoms with Gasteiger partial charge in [-0.3, -0.25) is 4.79 Å². The maximum Gasteiger partial charge on any atom is 0.416 e. The van der Waals surface area contributed by atoms with Crippen molar-refractivity contribution >= 4 is 23.6 Å². The molecule has 0 aliphatic carbocycles. The minimum absolute atomic E-state index is 0.119. The van der Waals surface area contributed by atoms with E-state index in [0.29, 0.717) is 6.07 Å².